The van der Waals surface area contributed by atoms with Crippen molar-refractivity contribution in [2.75, 3.05) is 5.32 Å². The van der Waals surface area contributed by atoms with E-state index in [1.807, 2.05) is 45.0 Å². The lowest BCUT2D eigenvalue weighted by Crippen LogP contribution is -2.25. The fourth-order valence-electron chi connectivity index (χ4n) is 2.58. The summed E-state index contributed by atoms with van der Waals surface area (Å²) in [6, 6.07) is 11.8. The average molecular weight is 348 g/mol. The van der Waals surface area contributed by atoms with Gasteiger partial charge in [0, 0.05) is 15.6 Å². The molecule has 1 N–H and O–H groups in total. The second kappa shape index (κ2) is 7.89. The number of nitrogens with one attached hydrogen (secondary N) is 1. The zero-order chi connectivity index (χ0) is 17.0. The van der Waals surface area contributed by atoms with Crippen LogP contribution in [0.2, 0.25) is 5.02 Å². The molecule has 0 aliphatic carbocycles. The summed E-state index contributed by atoms with van der Waals surface area (Å²) < 4.78 is 0. The van der Waals surface area contributed by atoms with E-state index in [1.165, 1.54) is 5.56 Å². The van der Waals surface area contributed by atoms with Crippen molar-refractivity contribution in [2.24, 2.45) is 0 Å². The molecule has 2 aromatic rings. The largest absolute Gasteiger partial charge is 0.325 e. The van der Waals surface area contributed by atoms with Crippen molar-refractivity contribution in [3.05, 3.63) is 58.1 Å². The highest BCUT2D eigenvalue weighted by molar-refractivity contribution is 8.00. The van der Waals surface area contributed by atoms with Crippen LogP contribution >= 0.6 is 23.4 Å². The van der Waals surface area contributed by atoms with Gasteiger partial charge in [-0.1, -0.05) is 36.2 Å². The number of halogens is 1. The van der Waals surface area contributed by atoms with E-state index < -0.39 is 0 Å². The molecule has 0 aromatic heterocycles. The summed E-state index contributed by atoms with van der Waals surface area (Å²) in [5.74, 6) is 0.0440. The molecule has 0 aliphatic heterocycles. The second-order valence-electron chi connectivity index (χ2n) is 5.73. The van der Waals surface area contributed by atoms with Crippen molar-refractivity contribution in [3.63, 3.8) is 0 Å². The molecule has 0 heterocycles. The maximum absolute atomic E-state index is 12.6. The standard InChI is InChI=1S/C19H22ClNOS/c1-5-17(23-16-8-6-15(20)7-9-16)19(22)21-18-13(3)10-12(2)11-14(18)4/h6-11,17H,5H2,1-4H3,(H,21,22)/t17-/m0/s1. The number of hydrogen-bond donors (Lipinski definition) is 1. The van der Waals surface area contributed by atoms with Crippen molar-refractivity contribution in [1.82, 2.24) is 0 Å². The average Bonchev–Trinajstić information content (AvgIpc) is 2.50. The first-order chi connectivity index (χ1) is 10.9. The zero-order valence-electron chi connectivity index (χ0n) is 13.9. The van der Waals surface area contributed by atoms with Gasteiger partial charge in [0.15, 0.2) is 0 Å². The molecule has 0 saturated carbocycles. The van der Waals surface area contributed by atoms with Gasteiger partial charge in [0.2, 0.25) is 5.91 Å². The lowest BCUT2D eigenvalue weighted by molar-refractivity contribution is -0.115. The molecule has 2 nitrogen and oxygen atoms in total. The molecule has 1 amide bonds. The molecule has 0 radical (unpaired) electrons. The van der Waals surface area contributed by atoms with E-state index in [4.69, 9.17) is 11.6 Å². The number of amides is 1. The van der Waals surface area contributed by atoms with E-state index in [-0.39, 0.29) is 11.2 Å². The highest BCUT2D eigenvalue weighted by Gasteiger charge is 2.19. The summed E-state index contributed by atoms with van der Waals surface area (Å²) in [4.78, 5) is 13.7. The van der Waals surface area contributed by atoms with Crippen LogP contribution in [0.5, 0.6) is 0 Å². The second-order valence-corrected chi connectivity index (χ2v) is 7.44. The summed E-state index contributed by atoms with van der Waals surface area (Å²) in [7, 11) is 0. The van der Waals surface area contributed by atoms with Crippen LogP contribution in [0.1, 0.15) is 30.0 Å². The van der Waals surface area contributed by atoms with Crippen LogP contribution in [-0.2, 0) is 4.79 Å². The van der Waals surface area contributed by atoms with Crippen molar-refractivity contribution in [1.29, 1.82) is 0 Å². The molecule has 0 bridgehead atoms. The van der Waals surface area contributed by atoms with Crippen molar-refractivity contribution < 1.29 is 4.79 Å². The molecule has 1 atom stereocenters. The Morgan fingerprint density at radius 1 is 1.13 bits per heavy atom. The summed E-state index contributed by atoms with van der Waals surface area (Å²) in [5, 5.41) is 3.68. The topological polar surface area (TPSA) is 29.1 Å². The van der Waals surface area contributed by atoms with Gasteiger partial charge in [0.05, 0.1) is 5.25 Å². The van der Waals surface area contributed by atoms with E-state index in [1.54, 1.807) is 11.8 Å². The van der Waals surface area contributed by atoms with Crippen LogP contribution in [0.15, 0.2) is 41.3 Å². The van der Waals surface area contributed by atoms with Crippen LogP contribution in [-0.4, -0.2) is 11.2 Å². The van der Waals surface area contributed by atoms with Gasteiger partial charge in [0.1, 0.15) is 0 Å². The van der Waals surface area contributed by atoms with Gasteiger partial charge < -0.3 is 5.32 Å². The Hall–Kier alpha value is -1.45. The molecule has 23 heavy (non-hydrogen) atoms. The van der Waals surface area contributed by atoms with Gasteiger partial charge >= 0.3 is 0 Å². The summed E-state index contributed by atoms with van der Waals surface area (Å²) in [5.41, 5.74) is 4.33. The smallest absolute Gasteiger partial charge is 0.237 e. The lowest BCUT2D eigenvalue weighted by Gasteiger charge is -2.18. The minimum absolute atomic E-state index is 0.0440. The first-order valence-electron chi connectivity index (χ1n) is 7.71. The molecule has 0 unspecified atom stereocenters. The first-order valence-corrected chi connectivity index (χ1v) is 8.97. The molecule has 122 valence electrons. The molecule has 2 rings (SSSR count). The number of aryl methyl sites for hydroxylation is 3. The van der Waals surface area contributed by atoms with E-state index in [0.29, 0.717) is 5.02 Å². The third-order valence-corrected chi connectivity index (χ3v) is 5.31. The van der Waals surface area contributed by atoms with E-state index in [9.17, 15) is 4.79 Å². The first kappa shape index (κ1) is 17.9. The van der Waals surface area contributed by atoms with Gasteiger partial charge in [-0.3, -0.25) is 4.79 Å². The Morgan fingerprint density at radius 2 is 1.70 bits per heavy atom. The third kappa shape index (κ3) is 4.76. The molecular weight excluding hydrogens is 326 g/mol. The van der Waals surface area contributed by atoms with Crippen LogP contribution in [0, 0.1) is 20.8 Å². The number of rotatable bonds is 5. The molecule has 2 aromatic carbocycles. The molecular formula is C19H22ClNOS. The number of carbonyl (C=O) groups excluding carboxylic acids is 1. The molecule has 4 heteroatoms. The van der Waals surface area contributed by atoms with Gasteiger partial charge in [0.25, 0.3) is 0 Å². The summed E-state index contributed by atoms with van der Waals surface area (Å²) >= 11 is 7.48. The van der Waals surface area contributed by atoms with E-state index >= 15 is 0 Å². The highest BCUT2D eigenvalue weighted by atomic mass is 35.5. The number of benzene rings is 2. The van der Waals surface area contributed by atoms with E-state index in [2.05, 4.69) is 24.4 Å². The number of carbonyl (C=O) groups is 1. The summed E-state index contributed by atoms with van der Waals surface area (Å²) in [6.07, 6.45) is 0.767. The number of thioether (sulfide) groups is 1. The fourth-order valence-corrected chi connectivity index (χ4v) is 3.66. The minimum atomic E-state index is -0.128. The van der Waals surface area contributed by atoms with Crippen LogP contribution in [0.3, 0.4) is 0 Å². The maximum Gasteiger partial charge on any atom is 0.237 e. The monoisotopic (exact) mass is 347 g/mol. The Balaban J connectivity index is 2.13. The lowest BCUT2D eigenvalue weighted by atomic mass is 10.0. The SMILES string of the molecule is CC[C@H](Sc1ccc(Cl)cc1)C(=O)Nc1c(C)cc(C)cc1C. The van der Waals surface area contributed by atoms with Crippen LogP contribution in [0.25, 0.3) is 0 Å². The Kier molecular flexibility index (Phi) is 6.14. The van der Waals surface area contributed by atoms with Gasteiger partial charge in [-0.2, -0.15) is 0 Å². The van der Waals surface area contributed by atoms with Crippen LogP contribution < -0.4 is 5.32 Å². The Bertz CT molecular complexity index is 674. The van der Waals surface area contributed by atoms with Gasteiger partial charge in [-0.05, 0) is 62.6 Å². The van der Waals surface area contributed by atoms with Crippen LogP contribution in [0.4, 0.5) is 5.69 Å². The third-order valence-electron chi connectivity index (χ3n) is 3.68. The number of hydrogen-bond acceptors (Lipinski definition) is 2. The van der Waals surface area contributed by atoms with Gasteiger partial charge in [-0.25, -0.2) is 0 Å². The molecule has 0 fully saturated rings. The predicted molar refractivity (Wildman–Crippen MR) is 101 cm³/mol. The summed E-state index contributed by atoms with van der Waals surface area (Å²) in [6.45, 7) is 8.16. The zero-order valence-corrected chi connectivity index (χ0v) is 15.5. The molecule has 0 spiro atoms. The van der Waals surface area contributed by atoms with Crippen molar-refractivity contribution in [3.8, 4) is 0 Å². The van der Waals surface area contributed by atoms with Gasteiger partial charge in [-0.15, -0.1) is 11.8 Å². The fraction of sp³-hybridized carbons (Fsp3) is 0.316. The maximum atomic E-state index is 12.6. The molecule has 0 aliphatic rings. The van der Waals surface area contributed by atoms with E-state index in [0.717, 1.165) is 28.1 Å². The normalized spacial score (nSPS) is 12.0. The Labute approximate surface area is 147 Å². The highest BCUT2D eigenvalue weighted by Crippen LogP contribution is 2.29. The Morgan fingerprint density at radius 3 is 2.22 bits per heavy atom. The van der Waals surface area contributed by atoms with Crippen molar-refractivity contribution >= 4 is 35.0 Å². The number of anilines is 1. The van der Waals surface area contributed by atoms with Crippen molar-refractivity contribution in [2.45, 2.75) is 44.3 Å². The quantitative estimate of drug-likeness (QED) is 0.695. The minimum Gasteiger partial charge on any atom is -0.325 e. The predicted octanol–water partition coefficient (Wildman–Crippen LogP) is 5.77. The molecule has 0 saturated heterocycles.